The Labute approximate surface area is 504 Å². The average molecular weight is 1160 g/mol. The second kappa shape index (κ2) is 59.0. The maximum atomic E-state index is 13.5. The van der Waals surface area contributed by atoms with Crippen molar-refractivity contribution in [2.45, 2.75) is 378 Å². The number of hydrogen-bond donors (Lipinski definition) is 6. The SMILES string of the molecule is CCCCC/C=C\C/C=C\C/C=C\CCCCCCCCCC(O)C(=O)NC(COC1OC(CO)C(O)C(O)C1OC(=O)CCCCCCCCCCCCCCCCCCCCCCC)C(O)/C=C/CCCCCCCCCCCC. The molecule has 11 nitrogen and oxygen atoms in total. The highest BCUT2D eigenvalue weighted by atomic mass is 16.7. The molecule has 1 fully saturated rings. The molecule has 480 valence electrons. The maximum absolute atomic E-state index is 13.5. The van der Waals surface area contributed by atoms with Crippen LogP contribution in [0.25, 0.3) is 0 Å². The predicted molar refractivity (Wildman–Crippen MR) is 343 cm³/mol. The normalized spacial score (nSPS) is 18.9. The van der Waals surface area contributed by atoms with Crippen LogP contribution in [0.3, 0.4) is 0 Å². The van der Waals surface area contributed by atoms with Gasteiger partial charge in [0.1, 0.15) is 24.4 Å². The third-order valence-corrected chi connectivity index (χ3v) is 16.5. The summed E-state index contributed by atoms with van der Waals surface area (Å²) >= 11 is 0. The number of nitrogens with one attached hydrogen (secondary N) is 1. The smallest absolute Gasteiger partial charge is 0.306 e. The number of carbonyl (C=O) groups excluding carboxylic acids is 2. The second-order valence-corrected chi connectivity index (χ2v) is 24.3. The van der Waals surface area contributed by atoms with Gasteiger partial charge in [0.05, 0.1) is 25.4 Å². The number of amides is 1. The van der Waals surface area contributed by atoms with Crippen LogP contribution in [0.2, 0.25) is 0 Å². The fraction of sp³-hybridized carbons (Fsp3) is 0.859. The standard InChI is InChI=1S/C71H131NO10/c1-4-7-10-13-16-19-22-25-27-29-31-33-35-37-39-41-44-47-50-53-56-59-66(76)82-69-68(78)67(77)65(60-73)81-71(69)80-61-62(63(74)57-54-51-48-45-42-24-21-18-15-12-9-6-3)72-70(79)64(75)58-55-52-49-46-43-40-38-36-34-32-30-28-26-23-20-17-14-11-8-5-2/h17,20,26,28,32,34,54,57,62-65,67-69,71,73-75,77-78H,4-16,18-19,21-25,27,29-31,33,35-53,55-56,58-61H2,1-3H3,(H,72,79)/b20-17-,28-26-,34-32-,57-54+. The highest BCUT2D eigenvalue weighted by Crippen LogP contribution is 2.26. The lowest BCUT2D eigenvalue weighted by atomic mass is 9.99. The van der Waals surface area contributed by atoms with Crippen LogP contribution in [0.4, 0.5) is 0 Å². The van der Waals surface area contributed by atoms with Crippen LogP contribution in [0.1, 0.15) is 329 Å². The first-order valence-electron chi connectivity index (χ1n) is 34.9. The van der Waals surface area contributed by atoms with Crippen LogP contribution in [0.15, 0.2) is 48.6 Å². The van der Waals surface area contributed by atoms with Crippen molar-refractivity contribution in [1.82, 2.24) is 5.32 Å². The van der Waals surface area contributed by atoms with Gasteiger partial charge in [0.15, 0.2) is 12.4 Å². The zero-order chi connectivity index (χ0) is 59.6. The molecule has 1 amide bonds. The van der Waals surface area contributed by atoms with Gasteiger partial charge in [0.2, 0.25) is 5.91 Å². The Morgan fingerprint density at radius 1 is 0.476 bits per heavy atom. The summed E-state index contributed by atoms with van der Waals surface area (Å²) in [6.45, 7) is 5.80. The molecular weight excluding hydrogens is 1030 g/mol. The Hall–Kier alpha value is -2.38. The van der Waals surface area contributed by atoms with Gasteiger partial charge in [-0.3, -0.25) is 9.59 Å². The number of rotatable bonds is 60. The van der Waals surface area contributed by atoms with Crippen LogP contribution >= 0.6 is 0 Å². The van der Waals surface area contributed by atoms with Gasteiger partial charge < -0.3 is 45.1 Å². The van der Waals surface area contributed by atoms with E-state index in [-0.39, 0.29) is 19.4 Å². The zero-order valence-corrected chi connectivity index (χ0v) is 53.4. The molecule has 0 aromatic heterocycles. The fourth-order valence-electron chi connectivity index (χ4n) is 11.0. The van der Waals surface area contributed by atoms with Gasteiger partial charge in [-0.25, -0.2) is 0 Å². The number of aliphatic hydroxyl groups excluding tert-OH is 5. The fourth-order valence-corrected chi connectivity index (χ4v) is 11.0. The summed E-state index contributed by atoms with van der Waals surface area (Å²) in [5.41, 5.74) is 0. The second-order valence-electron chi connectivity index (χ2n) is 24.3. The molecule has 0 bridgehead atoms. The third kappa shape index (κ3) is 45.9. The quantitative estimate of drug-likeness (QED) is 0.0195. The Bertz CT molecular complexity index is 1520. The summed E-state index contributed by atoms with van der Waals surface area (Å²) in [5.74, 6) is -1.19. The molecule has 0 aromatic carbocycles. The van der Waals surface area contributed by atoms with Crippen LogP contribution in [-0.4, -0.2) is 99.6 Å². The molecule has 8 unspecified atom stereocenters. The van der Waals surface area contributed by atoms with Gasteiger partial charge in [-0.2, -0.15) is 0 Å². The maximum Gasteiger partial charge on any atom is 0.306 e. The molecule has 1 saturated heterocycles. The van der Waals surface area contributed by atoms with Gasteiger partial charge in [-0.05, 0) is 64.2 Å². The molecule has 0 aliphatic carbocycles. The van der Waals surface area contributed by atoms with Gasteiger partial charge >= 0.3 is 5.97 Å². The molecule has 8 atom stereocenters. The lowest BCUT2D eigenvalue weighted by molar-refractivity contribution is -0.305. The monoisotopic (exact) mass is 1160 g/mol. The first kappa shape index (κ1) is 77.6. The molecule has 0 radical (unpaired) electrons. The molecule has 0 aromatic rings. The van der Waals surface area contributed by atoms with Gasteiger partial charge in [-0.1, -0.05) is 307 Å². The summed E-state index contributed by atoms with van der Waals surface area (Å²) in [6, 6.07) is -1.03. The number of ether oxygens (including phenoxy) is 3. The molecule has 11 heteroatoms. The summed E-state index contributed by atoms with van der Waals surface area (Å²) in [7, 11) is 0. The first-order chi connectivity index (χ1) is 40.2. The number of unbranched alkanes of at least 4 members (excludes halogenated alkanes) is 40. The van der Waals surface area contributed by atoms with E-state index in [1.165, 1.54) is 199 Å². The van der Waals surface area contributed by atoms with E-state index in [2.05, 4.69) is 62.5 Å². The third-order valence-electron chi connectivity index (χ3n) is 16.5. The van der Waals surface area contributed by atoms with Crippen LogP contribution in [0, 0.1) is 0 Å². The van der Waals surface area contributed by atoms with Crippen molar-refractivity contribution in [3.05, 3.63) is 48.6 Å². The van der Waals surface area contributed by atoms with Crippen molar-refractivity contribution >= 4 is 11.9 Å². The largest absolute Gasteiger partial charge is 0.454 e. The number of allylic oxidation sites excluding steroid dienone is 7. The molecule has 6 N–H and O–H groups in total. The van der Waals surface area contributed by atoms with Crippen LogP contribution in [-0.2, 0) is 23.8 Å². The van der Waals surface area contributed by atoms with Crippen molar-refractivity contribution in [2.24, 2.45) is 0 Å². The van der Waals surface area contributed by atoms with Crippen molar-refractivity contribution in [3.63, 3.8) is 0 Å². The zero-order valence-electron chi connectivity index (χ0n) is 53.4. The predicted octanol–water partition coefficient (Wildman–Crippen LogP) is 17.6. The van der Waals surface area contributed by atoms with E-state index in [1.54, 1.807) is 6.08 Å². The van der Waals surface area contributed by atoms with E-state index in [9.17, 15) is 35.1 Å². The van der Waals surface area contributed by atoms with E-state index in [0.29, 0.717) is 12.8 Å². The van der Waals surface area contributed by atoms with Gasteiger partial charge in [-0.15, -0.1) is 0 Å². The summed E-state index contributed by atoms with van der Waals surface area (Å²) in [4.78, 5) is 26.7. The van der Waals surface area contributed by atoms with E-state index in [4.69, 9.17) is 14.2 Å². The Kier molecular flexibility index (Phi) is 55.8. The molecule has 1 aliphatic heterocycles. The molecule has 1 aliphatic rings. The lowest BCUT2D eigenvalue weighted by Gasteiger charge is -2.41. The van der Waals surface area contributed by atoms with Crippen molar-refractivity contribution in [3.8, 4) is 0 Å². The average Bonchev–Trinajstić information content (AvgIpc) is 3.66. The lowest BCUT2D eigenvalue weighted by Crippen LogP contribution is -2.61. The minimum Gasteiger partial charge on any atom is -0.454 e. The van der Waals surface area contributed by atoms with Crippen molar-refractivity contribution < 1.29 is 49.3 Å². The Balaban J connectivity index is 2.60. The Morgan fingerprint density at radius 3 is 1.28 bits per heavy atom. The van der Waals surface area contributed by atoms with Gasteiger partial charge in [0, 0.05) is 6.42 Å². The molecule has 0 saturated carbocycles. The summed E-state index contributed by atoms with van der Waals surface area (Å²) in [6.07, 6.45) is 62.9. The topological polar surface area (TPSA) is 175 Å². The van der Waals surface area contributed by atoms with Crippen LogP contribution < -0.4 is 5.32 Å². The van der Waals surface area contributed by atoms with E-state index in [0.717, 1.165) is 83.5 Å². The highest BCUT2D eigenvalue weighted by molar-refractivity contribution is 5.80. The van der Waals surface area contributed by atoms with E-state index >= 15 is 0 Å². The first-order valence-corrected chi connectivity index (χ1v) is 34.9. The molecule has 0 spiro atoms. The highest BCUT2D eigenvalue weighted by Gasteiger charge is 2.47. The molecule has 1 rings (SSSR count). The molecule has 1 heterocycles. The Morgan fingerprint density at radius 2 is 0.841 bits per heavy atom. The number of carbonyl (C=O) groups is 2. The van der Waals surface area contributed by atoms with Crippen molar-refractivity contribution in [2.75, 3.05) is 13.2 Å². The van der Waals surface area contributed by atoms with Crippen molar-refractivity contribution in [1.29, 1.82) is 0 Å². The number of aliphatic hydroxyl groups is 5. The van der Waals surface area contributed by atoms with E-state index < -0.39 is 67.4 Å². The number of hydrogen-bond acceptors (Lipinski definition) is 10. The minimum absolute atomic E-state index is 0.127. The molecule has 82 heavy (non-hydrogen) atoms. The summed E-state index contributed by atoms with van der Waals surface area (Å²) < 4.78 is 17.7. The number of esters is 1. The van der Waals surface area contributed by atoms with Crippen LogP contribution in [0.5, 0.6) is 0 Å². The minimum atomic E-state index is -1.61. The van der Waals surface area contributed by atoms with E-state index in [1.807, 2.05) is 6.08 Å². The molecular formula is C71H131NO10. The summed E-state index contributed by atoms with van der Waals surface area (Å²) in [5, 5.41) is 57.2. The van der Waals surface area contributed by atoms with Gasteiger partial charge in [0.25, 0.3) is 0 Å².